The number of nitrogens with zero attached hydrogens (tertiary/aromatic N) is 2. The van der Waals surface area contributed by atoms with Gasteiger partial charge < -0.3 is 9.84 Å². The van der Waals surface area contributed by atoms with Crippen molar-refractivity contribution in [3.63, 3.8) is 0 Å². The maximum Gasteiger partial charge on any atom is 0.357 e. The Morgan fingerprint density at radius 3 is 2.81 bits per heavy atom. The zero-order valence-electron chi connectivity index (χ0n) is 12.0. The number of carboxylic acid groups (broad SMARTS) is 1. The molecule has 2 rings (SSSR count). The maximum absolute atomic E-state index is 12.6. The van der Waals surface area contributed by atoms with Gasteiger partial charge in [-0.15, -0.1) is 0 Å². The molecule has 1 aliphatic rings. The predicted octanol–water partition coefficient (Wildman–Crippen LogP) is 0.606. The molecule has 8 nitrogen and oxygen atoms in total. The second-order valence-corrected chi connectivity index (χ2v) is 7.09. The van der Waals surface area contributed by atoms with Gasteiger partial charge in [-0.25, -0.2) is 13.2 Å². The number of aromatic nitrogens is 2. The summed E-state index contributed by atoms with van der Waals surface area (Å²) in [4.78, 5) is 10.8. The number of aryl methyl sites for hydroxylation is 1. The Kier molecular flexibility index (Phi) is 4.64. The smallest absolute Gasteiger partial charge is 0.357 e. The number of nitrogens with one attached hydrogen (secondary N) is 1. The van der Waals surface area contributed by atoms with Gasteiger partial charge in [0.2, 0.25) is 10.0 Å². The van der Waals surface area contributed by atoms with Crippen molar-refractivity contribution in [1.82, 2.24) is 14.5 Å². The highest BCUT2D eigenvalue weighted by Gasteiger charge is 2.33. The van der Waals surface area contributed by atoms with E-state index >= 15 is 0 Å². The predicted molar refractivity (Wildman–Crippen MR) is 73.7 cm³/mol. The van der Waals surface area contributed by atoms with E-state index in [9.17, 15) is 13.2 Å². The minimum atomic E-state index is -3.92. The van der Waals surface area contributed by atoms with Gasteiger partial charge in [0.25, 0.3) is 0 Å². The summed E-state index contributed by atoms with van der Waals surface area (Å²) in [6, 6.07) is 0. The molecule has 1 fully saturated rings. The minimum absolute atomic E-state index is 0.154. The van der Waals surface area contributed by atoms with Crippen molar-refractivity contribution in [2.75, 3.05) is 20.2 Å². The summed E-state index contributed by atoms with van der Waals surface area (Å²) in [5.74, 6) is -1.37. The SMILES string of the molecule is Cc1[nH]nc(C(=O)O)c1S(=O)(=O)N(C)CC1CCCCO1. The molecular weight excluding hydrogens is 298 g/mol. The van der Waals surface area contributed by atoms with E-state index in [0.29, 0.717) is 6.61 Å². The van der Waals surface area contributed by atoms with Gasteiger partial charge in [0.15, 0.2) is 5.69 Å². The Morgan fingerprint density at radius 1 is 1.52 bits per heavy atom. The lowest BCUT2D eigenvalue weighted by Crippen LogP contribution is -2.37. The number of hydrogen-bond donors (Lipinski definition) is 2. The van der Waals surface area contributed by atoms with Crippen molar-refractivity contribution in [2.45, 2.75) is 37.2 Å². The molecule has 0 radical (unpaired) electrons. The van der Waals surface area contributed by atoms with Crippen LogP contribution in [0, 0.1) is 6.92 Å². The van der Waals surface area contributed by atoms with Crippen molar-refractivity contribution in [2.24, 2.45) is 0 Å². The molecule has 9 heteroatoms. The topological polar surface area (TPSA) is 113 Å². The zero-order chi connectivity index (χ0) is 15.6. The fraction of sp³-hybridized carbons (Fsp3) is 0.667. The second kappa shape index (κ2) is 6.12. The molecule has 1 atom stereocenters. The van der Waals surface area contributed by atoms with E-state index in [1.165, 1.54) is 14.0 Å². The molecule has 0 bridgehead atoms. The van der Waals surface area contributed by atoms with E-state index in [1.54, 1.807) is 0 Å². The monoisotopic (exact) mass is 317 g/mol. The summed E-state index contributed by atoms with van der Waals surface area (Å²) in [6.07, 6.45) is 2.63. The first-order chi connectivity index (χ1) is 9.84. The molecule has 0 amide bonds. The number of carbonyl (C=O) groups is 1. The molecular formula is C12H19N3O5S. The average molecular weight is 317 g/mol. The number of aromatic amines is 1. The average Bonchev–Trinajstić information content (AvgIpc) is 2.82. The Bertz CT molecular complexity index is 619. The Hall–Kier alpha value is -1.45. The van der Waals surface area contributed by atoms with E-state index < -0.39 is 21.7 Å². The summed E-state index contributed by atoms with van der Waals surface area (Å²) < 4.78 is 31.8. The summed E-state index contributed by atoms with van der Waals surface area (Å²) in [6.45, 7) is 2.31. The molecule has 1 saturated heterocycles. The molecule has 1 aromatic heterocycles. The molecule has 0 aliphatic carbocycles. The van der Waals surface area contributed by atoms with Gasteiger partial charge in [0, 0.05) is 20.2 Å². The molecule has 21 heavy (non-hydrogen) atoms. The van der Waals surface area contributed by atoms with Gasteiger partial charge in [0.05, 0.1) is 11.8 Å². The minimum Gasteiger partial charge on any atom is -0.476 e. The summed E-state index contributed by atoms with van der Waals surface area (Å²) in [5, 5.41) is 15.0. The van der Waals surface area contributed by atoms with E-state index in [-0.39, 0.29) is 23.2 Å². The normalized spacial score (nSPS) is 19.9. The van der Waals surface area contributed by atoms with Crippen molar-refractivity contribution in [3.05, 3.63) is 11.4 Å². The van der Waals surface area contributed by atoms with Crippen LogP contribution in [-0.2, 0) is 14.8 Å². The second-order valence-electron chi connectivity index (χ2n) is 5.11. The van der Waals surface area contributed by atoms with Crippen molar-refractivity contribution in [1.29, 1.82) is 0 Å². The van der Waals surface area contributed by atoms with Gasteiger partial charge in [-0.3, -0.25) is 5.10 Å². The third-order valence-corrected chi connectivity index (χ3v) is 5.48. The standard InChI is InChI=1S/C12H19N3O5S/c1-8-11(10(12(16)17)14-13-8)21(18,19)15(2)7-9-5-3-4-6-20-9/h9H,3-7H2,1-2H3,(H,13,14)(H,16,17). The van der Waals surface area contributed by atoms with Gasteiger partial charge in [-0.2, -0.15) is 9.40 Å². The van der Waals surface area contributed by atoms with Crippen LogP contribution < -0.4 is 0 Å². The maximum atomic E-state index is 12.6. The van der Waals surface area contributed by atoms with Crippen LogP contribution in [0.25, 0.3) is 0 Å². The van der Waals surface area contributed by atoms with Crippen LogP contribution in [0.2, 0.25) is 0 Å². The van der Waals surface area contributed by atoms with E-state index in [0.717, 1.165) is 23.6 Å². The number of rotatable bonds is 5. The zero-order valence-corrected chi connectivity index (χ0v) is 12.8. The van der Waals surface area contributed by atoms with Crippen molar-refractivity contribution >= 4 is 16.0 Å². The number of aromatic carboxylic acids is 1. The lowest BCUT2D eigenvalue weighted by atomic mass is 10.1. The Labute approximate surface area is 123 Å². The third-order valence-electron chi connectivity index (χ3n) is 3.50. The molecule has 1 aromatic rings. The van der Waals surface area contributed by atoms with E-state index in [2.05, 4.69) is 10.2 Å². The molecule has 118 valence electrons. The highest BCUT2D eigenvalue weighted by Crippen LogP contribution is 2.23. The van der Waals surface area contributed by atoms with Crippen LogP contribution in [0.5, 0.6) is 0 Å². The molecule has 0 spiro atoms. The number of H-pyrrole nitrogens is 1. The van der Waals surface area contributed by atoms with Crippen LogP contribution in [0.4, 0.5) is 0 Å². The molecule has 0 aromatic carbocycles. The van der Waals surface area contributed by atoms with E-state index in [1.807, 2.05) is 0 Å². The lowest BCUT2D eigenvalue weighted by molar-refractivity contribution is 0.00858. The third kappa shape index (κ3) is 3.25. The first-order valence-electron chi connectivity index (χ1n) is 6.70. The number of carboxylic acids is 1. The molecule has 2 heterocycles. The fourth-order valence-corrected chi connectivity index (χ4v) is 3.86. The molecule has 1 aliphatic heterocycles. The first-order valence-corrected chi connectivity index (χ1v) is 8.14. The highest BCUT2D eigenvalue weighted by molar-refractivity contribution is 7.89. The lowest BCUT2D eigenvalue weighted by Gasteiger charge is -2.27. The van der Waals surface area contributed by atoms with Crippen LogP contribution in [0.3, 0.4) is 0 Å². The summed E-state index contributed by atoms with van der Waals surface area (Å²) in [5.41, 5.74) is -0.271. The van der Waals surface area contributed by atoms with Crippen LogP contribution in [0.15, 0.2) is 4.90 Å². The van der Waals surface area contributed by atoms with Crippen molar-refractivity contribution in [3.8, 4) is 0 Å². The fourth-order valence-electron chi connectivity index (χ4n) is 2.37. The number of sulfonamides is 1. The highest BCUT2D eigenvalue weighted by atomic mass is 32.2. The van der Waals surface area contributed by atoms with Gasteiger partial charge in [-0.05, 0) is 26.2 Å². The van der Waals surface area contributed by atoms with Crippen LogP contribution >= 0.6 is 0 Å². The van der Waals surface area contributed by atoms with Gasteiger partial charge >= 0.3 is 5.97 Å². The number of hydrogen-bond acceptors (Lipinski definition) is 5. The van der Waals surface area contributed by atoms with Gasteiger partial charge in [0.1, 0.15) is 4.90 Å². The Morgan fingerprint density at radius 2 is 2.24 bits per heavy atom. The number of ether oxygens (including phenoxy) is 1. The summed E-state index contributed by atoms with van der Waals surface area (Å²) >= 11 is 0. The molecule has 2 N–H and O–H groups in total. The molecule has 0 saturated carbocycles. The van der Waals surface area contributed by atoms with Crippen molar-refractivity contribution < 1.29 is 23.1 Å². The van der Waals surface area contributed by atoms with Crippen LogP contribution in [-0.4, -0.2) is 60.3 Å². The largest absolute Gasteiger partial charge is 0.476 e. The van der Waals surface area contributed by atoms with Crippen LogP contribution in [0.1, 0.15) is 35.4 Å². The Balaban J connectivity index is 2.24. The number of likely N-dealkylation sites (N-methyl/N-ethyl adjacent to an activating group) is 1. The summed E-state index contributed by atoms with van der Waals surface area (Å²) in [7, 11) is -2.50. The van der Waals surface area contributed by atoms with Gasteiger partial charge in [-0.1, -0.05) is 0 Å². The molecule has 1 unspecified atom stereocenters. The van der Waals surface area contributed by atoms with E-state index in [4.69, 9.17) is 9.84 Å². The quantitative estimate of drug-likeness (QED) is 0.822. The first kappa shape index (κ1) is 15.9.